The lowest BCUT2D eigenvalue weighted by atomic mass is 10.2. The van der Waals surface area contributed by atoms with Gasteiger partial charge in [-0.3, -0.25) is 9.59 Å². The van der Waals surface area contributed by atoms with Crippen molar-refractivity contribution in [2.75, 3.05) is 20.3 Å². The van der Waals surface area contributed by atoms with E-state index in [1.165, 1.54) is 18.4 Å². The van der Waals surface area contributed by atoms with Crippen molar-refractivity contribution in [3.05, 3.63) is 51.2 Å². The van der Waals surface area contributed by atoms with E-state index in [4.69, 9.17) is 14.2 Å². The van der Waals surface area contributed by atoms with Crippen molar-refractivity contribution in [3.8, 4) is 11.5 Å². The highest BCUT2D eigenvalue weighted by atomic mass is 79.9. The Morgan fingerprint density at radius 3 is 2.54 bits per heavy atom. The first-order valence-corrected chi connectivity index (χ1v) is 10.0. The molecule has 1 amide bonds. The Morgan fingerprint density at radius 2 is 1.86 bits per heavy atom. The van der Waals surface area contributed by atoms with Crippen molar-refractivity contribution < 1.29 is 23.8 Å². The molecular weight excluding hydrogens is 448 g/mol. The monoisotopic (exact) mass is 462 g/mol. The molecule has 1 aliphatic heterocycles. The molecule has 0 atom stereocenters. The standard InChI is InChI=1S/C19H15BrN2O5S/c1-25-17(23)10-22-13-8-14-15(27-7-6-26-14)9-16(13)28-19(22)21-18(24)11-2-4-12(20)5-3-11/h2-5,8-9H,6-7,10H2,1H3. The Morgan fingerprint density at radius 1 is 1.18 bits per heavy atom. The summed E-state index contributed by atoms with van der Waals surface area (Å²) in [5, 5.41) is 0. The molecule has 0 fully saturated rings. The Bertz CT molecular complexity index is 1130. The highest BCUT2D eigenvalue weighted by Crippen LogP contribution is 2.35. The molecular formula is C19H15BrN2O5S. The van der Waals surface area contributed by atoms with Crippen LogP contribution in [0.15, 0.2) is 45.9 Å². The van der Waals surface area contributed by atoms with Gasteiger partial charge in [0.1, 0.15) is 19.8 Å². The number of benzene rings is 2. The lowest BCUT2D eigenvalue weighted by Gasteiger charge is -2.18. The Hall–Kier alpha value is -2.65. The summed E-state index contributed by atoms with van der Waals surface area (Å²) in [5.41, 5.74) is 1.18. The molecule has 0 saturated heterocycles. The number of nitrogens with zero attached hydrogens (tertiary/aromatic N) is 2. The average molecular weight is 463 g/mol. The fourth-order valence-electron chi connectivity index (χ4n) is 2.78. The molecule has 1 aliphatic rings. The second kappa shape index (κ2) is 7.76. The van der Waals surface area contributed by atoms with Crippen LogP contribution in [0.5, 0.6) is 11.5 Å². The summed E-state index contributed by atoms with van der Waals surface area (Å²) >= 11 is 4.64. The summed E-state index contributed by atoms with van der Waals surface area (Å²) in [6, 6.07) is 10.6. The number of ether oxygens (including phenoxy) is 3. The molecule has 0 radical (unpaired) electrons. The maximum absolute atomic E-state index is 12.6. The molecule has 28 heavy (non-hydrogen) atoms. The number of aromatic nitrogens is 1. The normalized spacial score (nSPS) is 13.6. The number of hydrogen-bond donors (Lipinski definition) is 0. The molecule has 0 bridgehead atoms. The Labute approximate surface area is 172 Å². The maximum atomic E-state index is 12.6. The van der Waals surface area contributed by atoms with Crippen molar-refractivity contribution in [1.82, 2.24) is 4.57 Å². The lowest BCUT2D eigenvalue weighted by Crippen LogP contribution is -2.22. The van der Waals surface area contributed by atoms with Crippen LogP contribution >= 0.6 is 27.3 Å². The zero-order chi connectivity index (χ0) is 19.7. The number of carbonyl (C=O) groups excluding carboxylic acids is 2. The number of halogens is 1. The fraction of sp³-hybridized carbons (Fsp3) is 0.211. The minimum atomic E-state index is -0.438. The molecule has 0 aliphatic carbocycles. The molecule has 7 nitrogen and oxygen atoms in total. The van der Waals surface area contributed by atoms with E-state index in [0.717, 1.165) is 14.7 Å². The Balaban J connectivity index is 1.85. The van der Waals surface area contributed by atoms with E-state index >= 15 is 0 Å². The summed E-state index contributed by atoms with van der Waals surface area (Å²) in [6.07, 6.45) is 0. The fourth-order valence-corrected chi connectivity index (χ4v) is 4.08. The highest BCUT2D eigenvalue weighted by molar-refractivity contribution is 9.10. The van der Waals surface area contributed by atoms with Gasteiger partial charge in [0.05, 0.1) is 17.3 Å². The molecule has 0 saturated carbocycles. The van der Waals surface area contributed by atoms with Gasteiger partial charge in [0.25, 0.3) is 5.91 Å². The minimum absolute atomic E-state index is 0.0669. The lowest BCUT2D eigenvalue weighted by molar-refractivity contribution is -0.141. The largest absolute Gasteiger partial charge is 0.486 e. The van der Waals surface area contributed by atoms with Gasteiger partial charge in [-0.25, -0.2) is 0 Å². The molecule has 0 spiro atoms. The van der Waals surface area contributed by atoms with E-state index in [2.05, 4.69) is 20.9 Å². The molecule has 1 aromatic heterocycles. The van der Waals surface area contributed by atoms with Crippen LogP contribution in [0.1, 0.15) is 10.4 Å². The van der Waals surface area contributed by atoms with Crippen LogP contribution in [-0.4, -0.2) is 36.8 Å². The smallest absolute Gasteiger partial charge is 0.325 e. The minimum Gasteiger partial charge on any atom is -0.486 e. The number of rotatable bonds is 3. The number of fused-ring (bicyclic) bond motifs is 2. The molecule has 2 heterocycles. The topological polar surface area (TPSA) is 79.1 Å². The predicted molar refractivity (Wildman–Crippen MR) is 107 cm³/mol. The zero-order valence-electron chi connectivity index (χ0n) is 14.8. The number of methoxy groups -OCH3 is 1. The SMILES string of the molecule is COC(=O)Cn1c(=NC(=O)c2ccc(Br)cc2)sc2cc3c(cc21)OCCO3. The van der Waals surface area contributed by atoms with Crippen molar-refractivity contribution in [2.45, 2.75) is 6.54 Å². The van der Waals surface area contributed by atoms with Gasteiger partial charge in [-0.1, -0.05) is 27.3 Å². The first kappa shape index (κ1) is 18.7. The Kier molecular flexibility index (Phi) is 5.19. The third-order valence-electron chi connectivity index (χ3n) is 4.15. The van der Waals surface area contributed by atoms with Gasteiger partial charge in [0.2, 0.25) is 0 Å². The molecule has 144 valence electrons. The van der Waals surface area contributed by atoms with Gasteiger partial charge >= 0.3 is 5.97 Å². The van der Waals surface area contributed by atoms with Gasteiger partial charge in [0.15, 0.2) is 16.3 Å². The van der Waals surface area contributed by atoms with Crippen LogP contribution in [0.4, 0.5) is 0 Å². The van der Waals surface area contributed by atoms with Gasteiger partial charge < -0.3 is 18.8 Å². The van der Waals surface area contributed by atoms with Gasteiger partial charge in [0, 0.05) is 22.2 Å². The van der Waals surface area contributed by atoms with E-state index in [0.29, 0.717) is 35.1 Å². The second-order valence-electron chi connectivity index (χ2n) is 5.93. The van der Waals surface area contributed by atoms with E-state index < -0.39 is 11.9 Å². The summed E-state index contributed by atoms with van der Waals surface area (Å²) in [4.78, 5) is 29.2. The summed E-state index contributed by atoms with van der Waals surface area (Å²) in [6.45, 7) is 0.868. The van der Waals surface area contributed by atoms with Crippen molar-refractivity contribution in [2.24, 2.45) is 4.99 Å². The highest BCUT2D eigenvalue weighted by Gasteiger charge is 2.18. The van der Waals surface area contributed by atoms with Gasteiger partial charge in [-0.15, -0.1) is 0 Å². The second-order valence-corrected chi connectivity index (χ2v) is 7.86. The number of thiazole rings is 1. The number of amides is 1. The van der Waals surface area contributed by atoms with Crippen molar-refractivity contribution in [3.63, 3.8) is 0 Å². The summed E-state index contributed by atoms with van der Waals surface area (Å²) < 4.78 is 19.4. The molecule has 0 N–H and O–H groups in total. The average Bonchev–Trinajstić information content (AvgIpc) is 3.02. The van der Waals surface area contributed by atoms with Crippen LogP contribution < -0.4 is 14.3 Å². The third-order valence-corrected chi connectivity index (χ3v) is 5.72. The van der Waals surface area contributed by atoms with Crippen LogP contribution in [-0.2, 0) is 16.1 Å². The zero-order valence-corrected chi connectivity index (χ0v) is 17.2. The van der Waals surface area contributed by atoms with Gasteiger partial charge in [-0.05, 0) is 24.3 Å². The first-order valence-electron chi connectivity index (χ1n) is 8.39. The first-order chi connectivity index (χ1) is 13.5. The van der Waals surface area contributed by atoms with E-state index in [1.54, 1.807) is 34.9 Å². The number of carbonyl (C=O) groups is 2. The predicted octanol–water partition coefficient (Wildman–Crippen LogP) is 3.15. The van der Waals surface area contributed by atoms with Crippen LogP contribution in [0.2, 0.25) is 0 Å². The summed E-state index contributed by atoms with van der Waals surface area (Å²) in [5.74, 6) is 0.402. The van der Waals surface area contributed by atoms with Gasteiger partial charge in [-0.2, -0.15) is 4.99 Å². The third kappa shape index (κ3) is 3.67. The van der Waals surface area contributed by atoms with Crippen LogP contribution in [0.3, 0.4) is 0 Å². The number of esters is 1. The quantitative estimate of drug-likeness (QED) is 0.558. The van der Waals surface area contributed by atoms with Crippen molar-refractivity contribution in [1.29, 1.82) is 0 Å². The molecule has 3 aromatic rings. The van der Waals surface area contributed by atoms with E-state index in [-0.39, 0.29) is 6.54 Å². The molecule has 0 unspecified atom stereocenters. The summed E-state index contributed by atoms with van der Waals surface area (Å²) in [7, 11) is 1.32. The van der Waals surface area contributed by atoms with E-state index in [9.17, 15) is 9.59 Å². The van der Waals surface area contributed by atoms with Crippen LogP contribution in [0.25, 0.3) is 10.2 Å². The molecule has 2 aromatic carbocycles. The van der Waals surface area contributed by atoms with Crippen molar-refractivity contribution >= 4 is 49.4 Å². The van der Waals surface area contributed by atoms with Crippen LogP contribution in [0, 0.1) is 0 Å². The molecule has 4 rings (SSSR count). The number of hydrogen-bond acceptors (Lipinski definition) is 6. The molecule has 9 heteroatoms. The maximum Gasteiger partial charge on any atom is 0.325 e. The van der Waals surface area contributed by atoms with E-state index in [1.807, 2.05) is 6.07 Å².